The Hall–Kier alpha value is -3.49. The van der Waals surface area contributed by atoms with E-state index in [-0.39, 0.29) is 25.3 Å². The molecule has 0 spiro atoms. The van der Waals surface area contributed by atoms with Gasteiger partial charge in [-0.05, 0) is 23.1 Å². The standard InChI is InChI=1S/C25H27N3O5/c1-2-16-15-28(25(32)27-24(16)31)23-13-20(29)21(33-23)14-26-22(30)12-18-10-6-7-11-19(18)17-8-4-3-5-9-17/h3-11,15,20-21,23,29H,2,12-14H2,1H3,(H,26,30)(H,27,31,32)/t20-,21+,23+/m0/s1. The van der Waals surface area contributed by atoms with E-state index in [1.165, 1.54) is 10.8 Å². The minimum atomic E-state index is -0.851. The van der Waals surface area contributed by atoms with Crippen molar-refractivity contribution in [2.24, 2.45) is 0 Å². The maximum absolute atomic E-state index is 12.6. The van der Waals surface area contributed by atoms with Gasteiger partial charge in [-0.1, -0.05) is 61.5 Å². The lowest BCUT2D eigenvalue weighted by molar-refractivity contribution is -0.121. The molecule has 4 rings (SSSR count). The Morgan fingerprint density at radius 3 is 2.61 bits per heavy atom. The number of rotatable bonds is 7. The van der Waals surface area contributed by atoms with Crippen molar-refractivity contribution < 1.29 is 14.6 Å². The molecule has 0 radical (unpaired) electrons. The Labute approximate surface area is 190 Å². The summed E-state index contributed by atoms with van der Waals surface area (Å²) in [5, 5.41) is 13.3. The number of nitrogens with one attached hydrogen (secondary N) is 2. The lowest BCUT2D eigenvalue weighted by Crippen LogP contribution is -2.38. The zero-order chi connectivity index (χ0) is 23.4. The monoisotopic (exact) mass is 449 g/mol. The highest BCUT2D eigenvalue weighted by Gasteiger charge is 2.35. The largest absolute Gasteiger partial charge is 0.390 e. The zero-order valence-electron chi connectivity index (χ0n) is 18.4. The third-order valence-corrected chi connectivity index (χ3v) is 5.89. The number of ether oxygens (including phenoxy) is 1. The molecular weight excluding hydrogens is 422 g/mol. The van der Waals surface area contributed by atoms with Gasteiger partial charge in [0.05, 0.1) is 12.5 Å². The number of hydrogen-bond acceptors (Lipinski definition) is 5. The van der Waals surface area contributed by atoms with Crippen LogP contribution >= 0.6 is 0 Å². The number of H-pyrrole nitrogens is 1. The number of hydrogen-bond donors (Lipinski definition) is 3. The van der Waals surface area contributed by atoms with Crippen LogP contribution in [0.1, 0.15) is 30.7 Å². The van der Waals surface area contributed by atoms with Crippen LogP contribution in [-0.2, 0) is 22.4 Å². The van der Waals surface area contributed by atoms with Crippen LogP contribution in [0.5, 0.6) is 0 Å². The second kappa shape index (κ2) is 9.97. The van der Waals surface area contributed by atoms with E-state index in [1.54, 1.807) is 0 Å². The van der Waals surface area contributed by atoms with Crippen molar-refractivity contribution in [1.82, 2.24) is 14.9 Å². The van der Waals surface area contributed by atoms with Gasteiger partial charge in [-0.2, -0.15) is 0 Å². The molecule has 0 bridgehead atoms. The molecule has 2 heterocycles. The van der Waals surface area contributed by atoms with Crippen molar-refractivity contribution in [3.05, 3.63) is 92.8 Å². The fourth-order valence-electron chi connectivity index (χ4n) is 4.09. The maximum atomic E-state index is 12.6. The summed E-state index contributed by atoms with van der Waals surface area (Å²) in [4.78, 5) is 38.9. The summed E-state index contributed by atoms with van der Waals surface area (Å²) in [6.07, 6.45) is 0.0936. The molecule has 1 aromatic heterocycles. The summed E-state index contributed by atoms with van der Waals surface area (Å²) in [7, 11) is 0. The van der Waals surface area contributed by atoms with E-state index in [2.05, 4.69) is 10.3 Å². The highest BCUT2D eigenvalue weighted by Crippen LogP contribution is 2.27. The number of aliphatic hydroxyl groups excluding tert-OH is 1. The lowest BCUT2D eigenvalue weighted by Gasteiger charge is -2.17. The topological polar surface area (TPSA) is 113 Å². The van der Waals surface area contributed by atoms with E-state index in [4.69, 9.17) is 4.74 Å². The van der Waals surface area contributed by atoms with Gasteiger partial charge in [-0.25, -0.2) is 4.79 Å². The van der Waals surface area contributed by atoms with Gasteiger partial charge in [-0.3, -0.25) is 19.1 Å². The van der Waals surface area contributed by atoms with E-state index in [9.17, 15) is 19.5 Å². The molecule has 0 aliphatic carbocycles. The normalized spacial score (nSPS) is 20.0. The summed E-state index contributed by atoms with van der Waals surface area (Å²) in [5.74, 6) is -0.188. The molecule has 1 saturated heterocycles. The van der Waals surface area contributed by atoms with Gasteiger partial charge >= 0.3 is 5.69 Å². The van der Waals surface area contributed by atoms with Crippen molar-refractivity contribution >= 4 is 5.91 Å². The van der Waals surface area contributed by atoms with Crippen LogP contribution in [0, 0.1) is 0 Å². The quantitative estimate of drug-likeness (QED) is 0.509. The van der Waals surface area contributed by atoms with Gasteiger partial charge in [0, 0.05) is 24.7 Å². The van der Waals surface area contributed by atoms with Crippen LogP contribution in [-0.4, -0.2) is 39.3 Å². The molecule has 1 amide bonds. The first-order valence-corrected chi connectivity index (χ1v) is 11.0. The van der Waals surface area contributed by atoms with Crippen LogP contribution in [0.2, 0.25) is 0 Å². The highest BCUT2D eigenvalue weighted by molar-refractivity contribution is 5.82. The highest BCUT2D eigenvalue weighted by atomic mass is 16.5. The average Bonchev–Trinajstić information content (AvgIpc) is 3.19. The van der Waals surface area contributed by atoms with Crippen molar-refractivity contribution in [3.8, 4) is 11.1 Å². The van der Waals surface area contributed by atoms with Crippen LogP contribution in [0.4, 0.5) is 0 Å². The SMILES string of the molecule is CCc1cn([C@H]2C[C@H](O)[C@@H](CNC(=O)Cc3ccccc3-c3ccccc3)O2)c(=O)[nH]c1=O. The second-order valence-electron chi connectivity index (χ2n) is 8.11. The fourth-order valence-corrected chi connectivity index (χ4v) is 4.09. The number of amides is 1. The van der Waals surface area contributed by atoms with Gasteiger partial charge in [0.25, 0.3) is 5.56 Å². The molecule has 3 atom stereocenters. The first kappa shape index (κ1) is 22.7. The maximum Gasteiger partial charge on any atom is 0.330 e. The van der Waals surface area contributed by atoms with Gasteiger partial charge < -0.3 is 15.2 Å². The molecule has 8 nitrogen and oxygen atoms in total. The summed E-state index contributed by atoms with van der Waals surface area (Å²) in [6, 6.07) is 17.6. The Morgan fingerprint density at radius 1 is 1.12 bits per heavy atom. The first-order valence-electron chi connectivity index (χ1n) is 11.0. The number of aromatic nitrogens is 2. The minimum absolute atomic E-state index is 0.114. The van der Waals surface area contributed by atoms with Crippen molar-refractivity contribution in [2.75, 3.05) is 6.54 Å². The number of carbonyl (C=O) groups is 1. The first-order chi connectivity index (χ1) is 16.0. The number of carbonyl (C=O) groups excluding carboxylic acids is 1. The molecule has 1 aliphatic heterocycles. The van der Waals surface area contributed by atoms with Crippen LogP contribution < -0.4 is 16.6 Å². The van der Waals surface area contributed by atoms with Crippen molar-refractivity contribution in [3.63, 3.8) is 0 Å². The molecule has 1 fully saturated rings. The zero-order valence-corrected chi connectivity index (χ0v) is 18.4. The Kier molecular flexibility index (Phi) is 6.86. The lowest BCUT2D eigenvalue weighted by atomic mass is 9.97. The average molecular weight is 450 g/mol. The predicted octanol–water partition coefficient (Wildman–Crippen LogP) is 1.77. The molecule has 0 saturated carbocycles. The number of aromatic amines is 1. The van der Waals surface area contributed by atoms with E-state index in [0.717, 1.165) is 16.7 Å². The van der Waals surface area contributed by atoms with Crippen molar-refractivity contribution in [1.29, 1.82) is 0 Å². The molecule has 1 aliphatic rings. The summed E-state index contributed by atoms with van der Waals surface area (Å²) >= 11 is 0. The molecule has 8 heteroatoms. The van der Waals surface area contributed by atoms with Gasteiger partial charge in [0.15, 0.2) is 0 Å². The smallest absolute Gasteiger partial charge is 0.330 e. The minimum Gasteiger partial charge on any atom is -0.390 e. The molecule has 3 N–H and O–H groups in total. The number of nitrogens with zero attached hydrogens (tertiary/aromatic N) is 1. The second-order valence-corrected chi connectivity index (χ2v) is 8.11. The Bertz CT molecular complexity index is 1230. The predicted molar refractivity (Wildman–Crippen MR) is 124 cm³/mol. The van der Waals surface area contributed by atoms with E-state index >= 15 is 0 Å². The van der Waals surface area contributed by atoms with Crippen molar-refractivity contribution in [2.45, 2.75) is 44.6 Å². The van der Waals surface area contributed by atoms with Gasteiger partial charge in [0.1, 0.15) is 12.3 Å². The summed E-state index contributed by atoms with van der Waals surface area (Å²) < 4.78 is 7.14. The third kappa shape index (κ3) is 5.13. The van der Waals surface area contributed by atoms with Gasteiger partial charge in [0.2, 0.25) is 5.91 Å². The molecule has 2 aromatic carbocycles. The van der Waals surface area contributed by atoms with Crippen LogP contribution in [0.15, 0.2) is 70.4 Å². The molecular formula is C25H27N3O5. The molecule has 0 unspecified atom stereocenters. The van der Waals surface area contributed by atoms with Crippen LogP contribution in [0.25, 0.3) is 11.1 Å². The fraction of sp³-hybridized carbons (Fsp3) is 0.320. The van der Waals surface area contributed by atoms with E-state index in [0.29, 0.717) is 12.0 Å². The summed E-state index contributed by atoms with van der Waals surface area (Å²) in [6.45, 7) is 1.93. The Morgan fingerprint density at radius 2 is 1.85 bits per heavy atom. The molecule has 33 heavy (non-hydrogen) atoms. The molecule has 3 aromatic rings. The van der Waals surface area contributed by atoms with E-state index in [1.807, 2.05) is 61.5 Å². The van der Waals surface area contributed by atoms with Crippen LogP contribution in [0.3, 0.4) is 0 Å². The van der Waals surface area contributed by atoms with Gasteiger partial charge in [-0.15, -0.1) is 0 Å². The number of aliphatic hydroxyl groups is 1. The third-order valence-electron chi connectivity index (χ3n) is 5.89. The number of aryl methyl sites for hydroxylation is 1. The molecule has 172 valence electrons. The summed E-state index contributed by atoms with van der Waals surface area (Å²) in [5.41, 5.74) is 2.39. The Balaban J connectivity index is 1.39. The number of benzene rings is 2. The van der Waals surface area contributed by atoms with E-state index < -0.39 is 29.7 Å².